The number of unbranched alkanes of at least 4 members (excludes halogenated alkanes) is 5. The van der Waals surface area contributed by atoms with Crippen LogP contribution in [-0.4, -0.2) is 29.4 Å². The number of carboxylic acids is 1. The summed E-state index contributed by atoms with van der Waals surface area (Å²) in [6, 6.07) is 7.69. The van der Waals surface area contributed by atoms with Crippen molar-refractivity contribution in [3.8, 4) is 0 Å². The van der Waals surface area contributed by atoms with Crippen LogP contribution in [0.5, 0.6) is 0 Å². The van der Waals surface area contributed by atoms with Gasteiger partial charge in [0.1, 0.15) is 0 Å². The van der Waals surface area contributed by atoms with Crippen molar-refractivity contribution in [2.24, 2.45) is 0 Å². The molecular formula is C25H38O4. The number of aliphatic hydroxyl groups excluding tert-OH is 1. The zero-order valence-corrected chi connectivity index (χ0v) is 18.1. The highest BCUT2D eigenvalue weighted by Gasteiger charge is 2.11. The molecule has 1 aromatic carbocycles. The molecule has 0 spiro atoms. The number of allylic oxidation sites excluding steroid dienone is 2. The SMILES string of the molecule is CCCCCCCCC(C=CC=Cc1ccccc1C(O)CCCC(=O)O)OC. The molecule has 4 heteroatoms. The number of methoxy groups -OCH3 is 1. The molecule has 1 aromatic rings. The van der Waals surface area contributed by atoms with Crippen molar-refractivity contribution in [3.63, 3.8) is 0 Å². The summed E-state index contributed by atoms with van der Waals surface area (Å²) in [6.07, 6.45) is 17.2. The lowest BCUT2D eigenvalue weighted by Crippen LogP contribution is -2.06. The number of ether oxygens (including phenoxy) is 1. The van der Waals surface area contributed by atoms with Gasteiger partial charge in [0.25, 0.3) is 0 Å². The van der Waals surface area contributed by atoms with E-state index in [1.54, 1.807) is 7.11 Å². The van der Waals surface area contributed by atoms with Gasteiger partial charge in [0, 0.05) is 13.5 Å². The van der Waals surface area contributed by atoms with Crippen LogP contribution in [0.1, 0.15) is 88.4 Å². The normalized spacial score (nSPS) is 13.9. The van der Waals surface area contributed by atoms with Crippen LogP contribution >= 0.6 is 0 Å². The van der Waals surface area contributed by atoms with Gasteiger partial charge < -0.3 is 14.9 Å². The Bertz CT molecular complexity index is 621. The number of aliphatic hydroxyl groups is 1. The van der Waals surface area contributed by atoms with Crippen LogP contribution in [0.2, 0.25) is 0 Å². The molecule has 0 radical (unpaired) electrons. The number of rotatable bonds is 16. The molecule has 1 rings (SSSR count). The van der Waals surface area contributed by atoms with Gasteiger partial charge in [0.2, 0.25) is 0 Å². The van der Waals surface area contributed by atoms with E-state index in [1.165, 1.54) is 38.5 Å². The van der Waals surface area contributed by atoms with Crippen LogP contribution in [0.4, 0.5) is 0 Å². The van der Waals surface area contributed by atoms with Gasteiger partial charge in [-0.2, -0.15) is 0 Å². The van der Waals surface area contributed by atoms with Crippen LogP contribution in [0, 0.1) is 0 Å². The summed E-state index contributed by atoms with van der Waals surface area (Å²) in [5, 5.41) is 19.2. The fourth-order valence-electron chi connectivity index (χ4n) is 3.33. The molecule has 2 atom stereocenters. The van der Waals surface area contributed by atoms with E-state index in [1.807, 2.05) is 42.5 Å². The Labute approximate surface area is 176 Å². The second-order valence-electron chi connectivity index (χ2n) is 7.51. The van der Waals surface area contributed by atoms with E-state index in [0.717, 1.165) is 17.5 Å². The highest BCUT2D eigenvalue weighted by Crippen LogP contribution is 2.24. The van der Waals surface area contributed by atoms with Gasteiger partial charge in [0.05, 0.1) is 12.2 Å². The molecule has 0 amide bonds. The van der Waals surface area contributed by atoms with E-state index in [4.69, 9.17) is 9.84 Å². The van der Waals surface area contributed by atoms with Gasteiger partial charge in [0.15, 0.2) is 0 Å². The van der Waals surface area contributed by atoms with Gasteiger partial charge in [-0.1, -0.05) is 94.0 Å². The first-order valence-electron chi connectivity index (χ1n) is 10.9. The first-order valence-corrected chi connectivity index (χ1v) is 10.9. The fraction of sp³-hybridized carbons (Fsp3) is 0.560. The summed E-state index contributed by atoms with van der Waals surface area (Å²) in [4.78, 5) is 10.7. The number of hydrogen-bond acceptors (Lipinski definition) is 3. The quantitative estimate of drug-likeness (QED) is 0.251. The predicted octanol–water partition coefficient (Wildman–Crippen LogP) is 6.31. The van der Waals surface area contributed by atoms with Crippen LogP contribution in [0.3, 0.4) is 0 Å². The summed E-state index contributed by atoms with van der Waals surface area (Å²) in [6.45, 7) is 2.23. The first-order chi connectivity index (χ1) is 14.1. The molecule has 29 heavy (non-hydrogen) atoms. The van der Waals surface area contributed by atoms with Crippen molar-refractivity contribution < 1.29 is 19.7 Å². The summed E-state index contributed by atoms with van der Waals surface area (Å²) in [5.74, 6) is -0.829. The van der Waals surface area contributed by atoms with Crippen molar-refractivity contribution in [2.75, 3.05) is 7.11 Å². The number of carboxylic acid groups (broad SMARTS) is 1. The molecule has 0 aliphatic rings. The van der Waals surface area contributed by atoms with Crippen molar-refractivity contribution in [1.82, 2.24) is 0 Å². The molecule has 0 aliphatic carbocycles. The summed E-state index contributed by atoms with van der Waals surface area (Å²) >= 11 is 0. The molecule has 0 aliphatic heterocycles. The summed E-state index contributed by atoms with van der Waals surface area (Å²) < 4.78 is 5.55. The molecule has 0 saturated heterocycles. The second-order valence-corrected chi connectivity index (χ2v) is 7.51. The van der Waals surface area contributed by atoms with Gasteiger partial charge in [-0.3, -0.25) is 4.79 Å². The maximum atomic E-state index is 10.7. The molecule has 0 fully saturated rings. The molecule has 162 valence electrons. The second kappa shape index (κ2) is 15.9. The molecule has 0 saturated carbocycles. The molecule has 2 N–H and O–H groups in total. The van der Waals surface area contributed by atoms with E-state index < -0.39 is 12.1 Å². The van der Waals surface area contributed by atoms with Crippen molar-refractivity contribution in [1.29, 1.82) is 0 Å². The minimum absolute atomic E-state index is 0.0782. The van der Waals surface area contributed by atoms with Crippen LogP contribution in [0.15, 0.2) is 42.5 Å². The van der Waals surface area contributed by atoms with Crippen LogP contribution in [0.25, 0.3) is 6.08 Å². The molecular weight excluding hydrogens is 364 g/mol. The maximum absolute atomic E-state index is 10.7. The van der Waals surface area contributed by atoms with Crippen LogP contribution in [-0.2, 0) is 9.53 Å². The van der Waals surface area contributed by atoms with Gasteiger partial charge in [-0.05, 0) is 30.4 Å². The summed E-state index contributed by atoms with van der Waals surface area (Å²) in [5.41, 5.74) is 1.78. The number of aliphatic carboxylic acids is 1. The maximum Gasteiger partial charge on any atom is 0.303 e. The summed E-state index contributed by atoms with van der Waals surface area (Å²) in [7, 11) is 1.75. The smallest absolute Gasteiger partial charge is 0.303 e. The number of benzene rings is 1. The number of carbonyl (C=O) groups is 1. The zero-order chi connectivity index (χ0) is 21.3. The Morgan fingerprint density at radius 2 is 1.76 bits per heavy atom. The zero-order valence-electron chi connectivity index (χ0n) is 18.1. The average Bonchev–Trinajstić information content (AvgIpc) is 2.72. The highest BCUT2D eigenvalue weighted by atomic mass is 16.5. The first kappa shape index (κ1) is 25.1. The Balaban J connectivity index is 2.51. The molecule has 0 bridgehead atoms. The Morgan fingerprint density at radius 1 is 1.03 bits per heavy atom. The van der Waals surface area contributed by atoms with Crippen molar-refractivity contribution in [2.45, 2.75) is 83.3 Å². The third-order valence-electron chi connectivity index (χ3n) is 5.08. The van der Waals surface area contributed by atoms with Gasteiger partial charge in [-0.25, -0.2) is 0 Å². The van der Waals surface area contributed by atoms with E-state index in [-0.39, 0.29) is 12.5 Å². The van der Waals surface area contributed by atoms with E-state index in [2.05, 4.69) is 13.0 Å². The van der Waals surface area contributed by atoms with Crippen LogP contribution < -0.4 is 0 Å². The Kier molecular flexibility index (Phi) is 13.8. The molecule has 0 heterocycles. The predicted molar refractivity (Wildman–Crippen MR) is 120 cm³/mol. The highest BCUT2D eigenvalue weighted by molar-refractivity contribution is 5.66. The lowest BCUT2D eigenvalue weighted by molar-refractivity contribution is -0.137. The van der Waals surface area contributed by atoms with E-state index in [9.17, 15) is 9.90 Å². The van der Waals surface area contributed by atoms with E-state index in [0.29, 0.717) is 12.8 Å². The fourth-order valence-corrected chi connectivity index (χ4v) is 3.33. The molecule has 4 nitrogen and oxygen atoms in total. The lowest BCUT2D eigenvalue weighted by Gasteiger charge is -2.13. The monoisotopic (exact) mass is 402 g/mol. The third kappa shape index (κ3) is 11.6. The van der Waals surface area contributed by atoms with Gasteiger partial charge >= 0.3 is 5.97 Å². The minimum Gasteiger partial charge on any atom is -0.481 e. The Hall–Kier alpha value is -1.91. The topological polar surface area (TPSA) is 66.8 Å². The average molecular weight is 403 g/mol. The van der Waals surface area contributed by atoms with Gasteiger partial charge in [-0.15, -0.1) is 0 Å². The largest absolute Gasteiger partial charge is 0.481 e. The molecule has 0 aromatic heterocycles. The number of hydrogen-bond donors (Lipinski definition) is 2. The van der Waals surface area contributed by atoms with Crippen molar-refractivity contribution in [3.05, 3.63) is 53.6 Å². The lowest BCUT2D eigenvalue weighted by atomic mass is 9.98. The van der Waals surface area contributed by atoms with Crippen molar-refractivity contribution >= 4 is 12.0 Å². The third-order valence-corrected chi connectivity index (χ3v) is 5.08. The molecule has 2 unspecified atom stereocenters. The minimum atomic E-state index is -0.829. The standard InChI is InChI=1S/C25H38O4/c1-3-4-5-6-7-8-16-22(29-2)17-11-9-14-21-15-10-12-18-23(21)24(26)19-13-20-25(27)28/h9-12,14-15,17-18,22,24,26H,3-8,13,16,19-20H2,1-2H3,(H,27,28). The Morgan fingerprint density at radius 3 is 2.48 bits per heavy atom. The van der Waals surface area contributed by atoms with E-state index >= 15 is 0 Å².